The number of carbonyl (C=O) groups excluding carboxylic acids is 1. The number of carboxylic acid groups (broad SMARTS) is 1. The molecule has 2 N–H and O–H groups in total. The third kappa shape index (κ3) is 4.12. The van der Waals surface area contributed by atoms with Gasteiger partial charge in [0.25, 0.3) is 0 Å². The molecule has 0 aromatic rings. The maximum absolute atomic E-state index is 11.3. The van der Waals surface area contributed by atoms with E-state index < -0.39 is 25.0 Å². The predicted molar refractivity (Wildman–Crippen MR) is 32.7 cm³/mol. The van der Waals surface area contributed by atoms with E-state index in [-0.39, 0.29) is 0 Å². The number of amides is 1. The molecule has 0 unspecified atom stereocenters. The molecule has 0 aliphatic carbocycles. The van der Waals surface area contributed by atoms with Gasteiger partial charge in [0.1, 0.15) is 6.04 Å². The van der Waals surface area contributed by atoms with Crippen LogP contribution in [-0.2, 0) is 9.53 Å². The van der Waals surface area contributed by atoms with E-state index >= 15 is 0 Å². The molecule has 1 atom stereocenters. The van der Waals surface area contributed by atoms with E-state index in [1.54, 1.807) is 0 Å². The lowest BCUT2D eigenvalue weighted by Gasteiger charge is -2.06. The molecule has 0 rings (SSSR count). The number of alkyl carbamates (subject to hydrolysis) is 1. The number of halogens is 1. The van der Waals surface area contributed by atoms with Crippen molar-refractivity contribution in [1.82, 2.24) is 5.32 Å². The number of nitrogens with one attached hydrogen (secondary N) is 1. The highest BCUT2D eigenvalue weighted by Gasteiger charge is 2.13. The molecule has 0 saturated carbocycles. The average Bonchev–Trinajstić information content (AvgIpc) is 1.87. The van der Waals surface area contributed by atoms with Crippen molar-refractivity contribution in [3.8, 4) is 0 Å². The minimum absolute atomic E-state index is 1.07. The molecule has 0 fully saturated rings. The molecule has 0 radical (unpaired) electrons. The molecular weight excluding hydrogens is 157 g/mol. The van der Waals surface area contributed by atoms with E-state index in [4.69, 9.17) is 5.11 Å². The molecule has 64 valence electrons. The molecule has 11 heavy (non-hydrogen) atoms. The monoisotopic (exact) mass is 165 g/mol. The van der Waals surface area contributed by atoms with E-state index in [1.807, 2.05) is 5.32 Å². The SMILES string of the molecule is C[C@@H](NC(=O)OCF)C(=O)O. The second-order valence-electron chi connectivity index (χ2n) is 1.75. The fraction of sp³-hybridized carbons (Fsp3) is 0.600. The van der Waals surface area contributed by atoms with Gasteiger partial charge in [0.05, 0.1) is 0 Å². The number of hydrogen-bond acceptors (Lipinski definition) is 3. The van der Waals surface area contributed by atoms with Crippen molar-refractivity contribution in [2.45, 2.75) is 13.0 Å². The fourth-order valence-corrected chi connectivity index (χ4v) is 0.330. The Morgan fingerprint density at radius 2 is 2.27 bits per heavy atom. The van der Waals surface area contributed by atoms with Crippen LogP contribution < -0.4 is 5.32 Å². The zero-order valence-corrected chi connectivity index (χ0v) is 5.83. The molecule has 0 aromatic heterocycles. The summed E-state index contributed by atoms with van der Waals surface area (Å²) in [6.45, 7) is -0.0278. The van der Waals surface area contributed by atoms with Crippen molar-refractivity contribution < 1.29 is 23.8 Å². The van der Waals surface area contributed by atoms with Gasteiger partial charge < -0.3 is 15.2 Å². The van der Waals surface area contributed by atoms with Crippen LogP contribution in [0.5, 0.6) is 0 Å². The molecule has 0 spiro atoms. The lowest BCUT2D eigenvalue weighted by atomic mass is 10.4. The van der Waals surface area contributed by atoms with Gasteiger partial charge in [-0.1, -0.05) is 0 Å². The second kappa shape index (κ2) is 4.48. The maximum atomic E-state index is 11.3. The Kier molecular flexibility index (Phi) is 3.94. The van der Waals surface area contributed by atoms with Crippen molar-refractivity contribution in [2.24, 2.45) is 0 Å². The highest BCUT2D eigenvalue weighted by molar-refractivity contribution is 5.79. The summed E-state index contributed by atoms with van der Waals surface area (Å²) in [5.74, 6) is -1.21. The number of carboxylic acids is 1. The predicted octanol–water partition coefficient (Wildman–Crippen LogP) is 0.113. The van der Waals surface area contributed by atoms with Crippen LogP contribution in [0.3, 0.4) is 0 Å². The number of alkyl halides is 1. The van der Waals surface area contributed by atoms with Crippen molar-refractivity contribution in [3.05, 3.63) is 0 Å². The summed E-state index contributed by atoms with van der Waals surface area (Å²) in [6.07, 6.45) is -1.08. The van der Waals surface area contributed by atoms with Crippen LogP contribution in [0.15, 0.2) is 0 Å². The zero-order chi connectivity index (χ0) is 8.85. The Labute approximate surface area is 62.1 Å². The number of aliphatic carboxylic acids is 1. The normalized spacial score (nSPS) is 11.8. The molecule has 0 aliphatic heterocycles. The maximum Gasteiger partial charge on any atom is 0.410 e. The fourth-order valence-electron chi connectivity index (χ4n) is 0.330. The minimum Gasteiger partial charge on any atom is -0.480 e. The highest BCUT2D eigenvalue weighted by Crippen LogP contribution is 1.84. The summed E-state index contributed by atoms with van der Waals surface area (Å²) in [6, 6.07) is -1.07. The first-order chi connectivity index (χ1) is 5.07. The Morgan fingerprint density at radius 1 is 1.73 bits per heavy atom. The first-order valence-corrected chi connectivity index (χ1v) is 2.80. The van der Waals surface area contributed by atoms with Gasteiger partial charge in [0, 0.05) is 0 Å². The van der Waals surface area contributed by atoms with E-state index in [2.05, 4.69) is 4.74 Å². The van der Waals surface area contributed by atoms with Crippen LogP contribution in [0.2, 0.25) is 0 Å². The van der Waals surface area contributed by atoms with Crippen LogP contribution in [-0.4, -0.2) is 30.1 Å². The average molecular weight is 165 g/mol. The Morgan fingerprint density at radius 3 is 2.64 bits per heavy atom. The van der Waals surface area contributed by atoms with E-state index in [1.165, 1.54) is 6.92 Å². The quantitative estimate of drug-likeness (QED) is 0.622. The smallest absolute Gasteiger partial charge is 0.410 e. The van der Waals surface area contributed by atoms with Crippen LogP contribution >= 0.6 is 0 Å². The van der Waals surface area contributed by atoms with Gasteiger partial charge >= 0.3 is 12.1 Å². The van der Waals surface area contributed by atoms with Crippen molar-refractivity contribution >= 4 is 12.1 Å². The largest absolute Gasteiger partial charge is 0.480 e. The first-order valence-electron chi connectivity index (χ1n) is 2.80. The van der Waals surface area contributed by atoms with E-state index in [0.717, 1.165) is 0 Å². The molecule has 0 aromatic carbocycles. The summed E-state index contributed by atoms with van der Waals surface area (Å²) in [5, 5.41) is 10.1. The van der Waals surface area contributed by atoms with Gasteiger partial charge in [0.2, 0.25) is 6.86 Å². The first kappa shape index (κ1) is 9.67. The Balaban J connectivity index is 3.66. The van der Waals surface area contributed by atoms with Gasteiger partial charge in [-0.3, -0.25) is 4.79 Å². The summed E-state index contributed by atoms with van der Waals surface area (Å²) < 4.78 is 15.0. The number of hydrogen-bond donors (Lipinski definition) is 2. The van der Waals surface area contributed by atoms with Crippen LogP contribution in [0.1, 0.15) is 6.92 Å². The summed E-state index contributed by atoms with van der Waals surface area (Å²) in [7, 11) is 0. The molecule has 5 nitrogen and oxygen atoms in total. The van der Waals surface area contributed by atoms with Crippen LogP contribution in [0.4, 0.5) is 9.18 Å². The summed E-state index contributed by atoms with van der Waals surface area (Å²) in [5.41, 5.74) is 0. The summed E-state index contributed by atoms with van der Waals surface area (Å²) in [4.78, 5) is 20.4. The summed E-state index contributed by atoms with van der Waals surface area (Å²) >= 11 is 0. The molecule has 0 aliphatic rings. The lowest BCUT2D eigenvalue weighted by molar-refractivity contribution is -0.138. The molecule has 0 bridgehead atoms. The molecular formula is C5H8FNO4. The van der Waals surface area contributed by atoms with Gasteiger partial charge in [-0.2, -0.15) is 0 Å². The minimum atomic E-state index is -1.27. The molecule has 1 amide bonds. The topological polar surface area (TPSA) is 75.6 Å². The standard InChI is InChI=1S/C5H8FNO4/c1-3(4(8)9)7-5(10)11-2-6/h3H,2H2,1H3,(H,7,10)(H,8,9)/t3-/m1/s1. The van der Waals surface area contributed by atoms with Crippen molar-refractivity contribution in [3.63, 3.8) is 0 Å². The zero-order valence-electron chi connectivity index (χ0n) is 5.83. The van der Waals surface area contributed by atoms with Gasteiger partial charge in [-0.05, 0) is 6.92 Å². The van der Waals surface area contributed by atoms with Crippen LogP contribution in [0, 0.1) is 0 Å². The van der Waals surface area contributed by atoms with Crippen molar-refractivity contribution in [2.75, 3.05) is 6.86 Å². The second-order valence-corrected chi connectivity index (χ2v) is 1.75. The number of rotatable bonds is 3. The van der Waals surface area contributed by atoms with Crippen molar-refractivity contribution in [1.29, 1.82) is 0 Å². The lowest BCUT2D eigenvalue weighted by Crippen LogP contribution is -2.38. The number of carbonyl (C=O) groups is 2. The van der Waals surface area contributed by atoms with E-state index in [9.17, 15) is 14.0 Å². The van der Waals surface area contributed by atoms with Gasteiger partial charge in [-0.25, -0.2) is 9.18 Å². The molecule has 0 saturated heterocycles. The van der Waals surface area contributed by atoms with E-state index in [0.29, 0.717) is 0 Å². The molecule has 6 heteroatoms. The third-order valence-corrected chi connectivity index (χ3v) is 0.890. The Bertz CT molecular complexity index is 161. The molecule has 0 heterocycles. The van der Waals surface area contributed by atoms with Gasteiger partial charge in [-0.15, -0.1) is 0 Å². The highest BCUT2D eigenvalue weighted by atomic mass is 19.1. The Hall–Kier alpha value is -1.33. The third-order valence-electron chi connectivity index (χ3n) is 0.890. The number of ether oxygens (including phenoxy) is 1. The van der Waals surface area contributed by atoms with Crippen LogP contribution in [0.25, 0.3) is 0 Å². The van der Waals surface area contributed by atoms with Gasteiger partial charge in [0.15, 0.2) is 0 Å².